The predicted molar refractivity (Wildman–Crippen MR) is 87.4 cm³/mol. The minimum atomic E-state index is -0.539. The highest BCUT2D eigenvalue weighted by Gasteiger charge is 2.16. The Morgan fingerprint density at radius 2 is 2.00 bits per heavy atom. The Balaban J connectivity index is 1.98. The minimum absolute atomic E-state index is 0.149. The van der Waals surface area contributed by atoms with Crippen LogP contribution < -0.4 is 10.4 Å². The predicted octanol–water partition coefficient (Wildman–Crippen LogP) is 2.99. The van der Waals surface area contributed by atoms with Gasteiger partial charge in [0.2, 0.25) is 0 Å². The molecule has 0 saturated carbocycles. The second kappa shape index (κ2) is 6.62. The van der Waals surface area contributed by atoms with E-state index in [9.17, 15) is 9.18 Å². The van der Waals surface area contributed by atoms with Gasteiger partial charge >= 0.3 is 5.69 Å². The van der Waals surface area contributed by atoms with Crippen LogP contribution in [0.15, 0.2) is 41.2 Å². The quantitative estimate of drug-likeness (QED) is 0.710. The highest BCUT2D eigenvalue weighted by Crippen LogP contribution is 2.29. The van der Waals surface area contributed by atoms with E-state index in [2.05, 4.69) is 10.4 Å². The molecular formula is C15H11Cl2FN4O2. The zero-order valence-electron chi connectivity index (χ0n) is 12.4. The van der Waals surface area contributed by atoms with Crippen LogP contribution in [0.1, 0.15) is 5.56 Å². The molecule has 0 atom stereocenters. The highest BCUT2D eigenvalue weighted by molar-refractivity contribution is 6.34. The number of aromatic nitrogens is 4. The van der Waals surface area contributed by atoms with Crippen LogP contribution in [0.5, 0.6) is 5.75 Å². The van der Waals surface area contributed by atoms with Gasteiger partial charge in [-0.2, -0.15) is 9.36 Å². The normalized spacial score (nSPS) is 10.8. The average molecular weight is 369 g/mol. The Morgan fingerprint density at radius 1 is 1.21 bits per heavy atom. The van der Waals surface area contributed by atoms with Crippen molar-refractivity contribution in [2.45, 2.75) is 6.61 Å². The van der Waals surface area contributed by atoms with Gasteiger partial charge in [-0.3, -0.25) is 0 Å². The summed E-state index contributed by atoms with van der Waals surface area (Å²) in [6.45, 7) is -0.162. The number of halogens is 3. The van der Waals surface area contributed by atoms with Gasteiger partial charge in [-0.05, 0) is 34.7 Å². The Labute approximate surface area is 146 Å². The van der Waals surface area contributed by atoms with Crippen molar-refractivity contribution in [3.63, 3.8) is 0 Å². The molecule has 0 aliphatic carbocycles. The van der Waals surface area contributed by atoms with Crippen molar-refractivity contribution in [1.82, 2.24) is 19.8 Å². The Morgan fingerprint density at radius 3 is 2.71 bits per heavy atom. The third-order valence-electron chi connectivity index (χ3n) is 3.31. The summed E-state index contributed by atoms with van der Waals surface area (Å²) in [6, 6.07) is 9.01. The van der Waals surface area contributed by atoms with Crippen molar-refractivity contribution in [2.75, 3.05) is 0 Å². The van der Waals surface area contributed by atoms with Crippen LogP contribution in [-0.4, -0.2) is 19.8 Å². The fraction of sp³-hybridized carbons (Fsp3) is 0.133. The van der Waals surface area contributed by atoms with Crippen LogP contribution in [0.3, 0.4) is 0 Å². The molecule has 0 aliphatic heterocycles. The molecule has 0 unspecified atom stereocenters. The van der Waals surface area contributed by atoms with Gasteiger partial charge in [0.15, 0.2) is 0 Å². The molecule has 24 heavy (non-hydrogen) atoms. The topological polar surface area (TPSA) is 61.9 Å². The van der Waals surface area contributed by atoms with Crippen LogP contribution in [0.25, 0.3) is 5.69 Å². The third kappa shape index (κ3) is 3.13. The molecule has 3 rings (SSSR count). The fourth-order valence-corrected chi connectivity index (χ4v) is 2.43. The maximum absolute atomic E-state index is 14.2. The molecule has 0 radical (unpaired) electrons. The van der Waals surface area contributed by atoms with Crippen LogP contribution >= 0.6 is 23.2 Å². The van der Waals surface area contributed by atoms with Crippen molar-refractivity contribution in [3.05, 3.63) is 68.3 Å². The smallest absolute Gasteiger partial charge is 0.368 e. The molecule has 9 heteroatoms. The van der Waals surface area contributed by atoms with E-state index in [1.54, 1.807) is 18.2 Å². The summed E-state index contributed by atoms with van der Waals surface area (Å²) in [5.74, 6) is -0.229. The lowest BCUT2D eigenvalue weighted by atomic mass is 10.2. The van der Waals surface area contributed by atoms with Crippen LogP contribution in [0.4, 0.5) is 4.39 Å². The zero-order valence-corrected chi connectivity index (χ0v) is 13.9. The lowest BCUT2D eigenvalue weighted by molar-refractivity contribution is 0.299. The summed E-state index contributed by atoms with van der Waals surface area (Å²) in [7, 11) is 1.45. The summed E-state index contributed by atoms with van der Waals surface area (Å²) in [4.78, 5) is 12.0. The average Bonchev–Trinajstić information content (AvgIpc) is 2.88. The zero-order chi connectivity index (χ0) is 17.3. The van der Waals surface area contributed by atoms with Gasteiger partial charge in [-0.1, -0.05) is 29.3 Å². The number of tetrazole rings is 1. The fourth-order valence-electron chi connectivity index (χ4n) is 2.09. The van der Waals surface area contributed by atoms with E-state index in [1.165, 1.54) is 25.2 Å². The lowest BCUT2D eigenvalue weighted by Gasteiger charge is -2.12. The van der Waals surface area contributed by atoms with Crippen molar-refractivity contribution >= 4 is 23.2 Å². The number of hydrogen-bond acceptors (Lipinski definition) is 4. The molecule has 3 aromatic rings. The van der Waals surface area contributed by atoms with E-state index < -0.39 is 11.5 Å². The van der Waals surface area contributed by atoms with Gasteiger partial charge in [0.05, 0.1) is 16.3 Å². The van der Waals surface area contributed by atoms with E-state index in [0.717, 1.165) is 9.36 Å². The SMILES string of the molecule is Cn1nnn(-c2cccc(F)c2COc2cc(Cl)ccc2Cl)c1=O. The van der Waals surface area contributed by atoms with Crippen LogP contribution in [-0.2, 0) is 13.7 Å². The molecular weight excluding hydrogens is 358 g/mol. The summed E-state index contributed by atoms with van der Waals surface area (Å²) in [5.41, 5.74) is -0.106. The molecule has 0 saturated heterocycles. The molecule has 1 heterocycles. The minimum Gasteiger partial charge on any atom is -0.487 e. The van der Waals surface area contributed by atoms with Gasteiger partial charge < -0.3 is 4.74 Å². The van der Waals surface area contributed by atoms with Crippen LogP contribution in [0.2, 0.25) is 10.0 Å². The van der Waals surface area contributed by atoms with Gasteiger partial charge in [-0.25, -0.2) is 9.18 Å². The number of hydrogen-bond donors (Lipinski definition) is 0. The molecule has 124 valence electrons. The standard InChI is InChI=1S/C15H11Cl2FN4O2/c1-21-15(23)22(20-19-21)13-4-2-3-12(18)10(13)8-24-14-7-9(16)5-6-11(14)17/h2-7H,8H2,1H3. The first-order valence-corrected chi connectivity index (χ1v) is 7.57. The van der Waals surface area contributed by atoms with Gasteiger partial charge in [0, 0.05) is 18.1 Å². The third-order valence-corrected chi connectivity index (χ3v) is 3.86. The maximum Gasteiger partial charge on any atom is 0.368 e. The first-order valence-electron chi connectivity index (χ1n) is 6.82. The van der Waals surface area contributed by atoms with Gasteiger partial charge in [-0.15, -0.1) is 0 Å². The molecule has 0 fully saturated rings. The number of benzene rings is 2. The van der Waals surface area contributed by atoms with E-state index in [4.69, 9.17) is 27.9 Å². The maximum atomic E-state index is 14.2. The van der Waals surface area contributed by atoms with Crippen molar-refractivity contribution < 1.29 is 9.13 Å². The van der Waals surface area contributed by atoms with Crippen molar-refractivity contribution in [1.29, 1.82) is 0 Å². The largest absolute Gasteiger partial charge is 0.487 e. The Kier molecular flexibility index (Phi) is 4.55. The first-order chi connectivity index (χ1) is 11.5. The van der Waals surface area contributed by atoms with E-state index in [1.807, 2.05) is 0 Å². The molecule has 0 bridgehead atoms. The highest BCUT2D eigenvalue weighted by atomic mass is 35.5. The molecule has 1 aromatic heterocycles. The number of ether oxygens (including phenoxy) is 1. The molecule has 0 amide bonds. The first kappa shape index (κ1) is 16.5. The van der Waals surface area contributed by atoms with E-state index in [-0.39, 0.29) is 17.9 Å². The Bertz CT molecular complexity index is 955. The molecule has 0 N–H and O–H groups in total. The van der Waals surface area contributed by atoms with Crippen LogP contribution in [0, 0.1) is 5.82 Å². The van der Waals surface area contributed by atoms with Gasteiger partial charge in [0.1, 0.15) is 18.2 Å². The Hall–Kier alpha value is -2.38. The lowest BCUT2D eigenvalue weighted by Crippen LogP contribution is -2.23. The monoisotopic (exact) mass is 368 g/mol. The summed E-state index contributed by atoms with van der Waals surface area (Å²) >= 11 is 11.9. The van der Waals surface area contributed by atoms with E-state index in [0.29, 0.717) is 15.8 Å². The molecule has 2 aromatic carbocycles. The van der Waals surface area contributed by atoms with Crippen molar-refractivity contribution in [3.8, 4) is 11.4 Å². The van der Waals surface area contributed by atoms with Gasteiger partial charge in [0.25, 0.3) is 0 Å². The number of rotatable bonds is 4. The number of nitrogens with zero attached hydrogens (tertiary/aromatic N) is 4. The number of aryl methyl sites for hydroxylation is 1. The summed E-state index contributed by atoms with van der Waals surface area (Å²) in [5, 5.41) is 8.12. The second-order valence-electron chi connectivity index (χ2n) is 4.90. The van der Waals surface area contributed by atoms with E-state index >= 15 is 0 Å². The van der Waals surface area contributed by atoms with Crippen molar-refractivity contribution in [2.24, 2.45) is 7.05 Å². The molecule has 0 spiro atoms. The summed E-state index contributed by atoms with van der Waals surface area (Å²) < 4.78 is 21.9. The summed E-state index contributed by atoms with van der Waals surface area (Å²) in [6.07, 6.45) is 0. The molecule has 6 nitrogen and oxygen atoms in total. The second-order valence-corrected chi connectivity index (χ2v) is 5.74. The molecule has 0 aliphatic rings.